The Bertz CT molecular complexity index is 821. The zero-order valence-electron chi connectivity index (χ0n) is 15.0. The van der Waals surface area contributed by atoms with Gasteiger partial charge in [0.25, 0.3) is 0 Å². The summed E-state index contributed by atoms with van der Waals surface area (Å²) in [5.74, 6) is 3.28. The number of benzene rings is 1. The second-order valence-corrected chi connectivity index (χ2v) is 6.93. The summed E-state index contributed by atoms with van der Waals surface area (Å²) in [4.78, 5) is 11.3. The Morgan fingerprint density at radius 1 is 0.962 bits per heavy atom. The molecule has 0 N–H and O–H groups in total. The van der Waals surface area contributed by atoms with Crippen LogP contribution in [0.3, 0.4) is 0 Å². The van der Waals surface area contributed by atoms with Gasteiger partial charge < -0.3 is 13.9 Å². The van der Waals surface area contributed by atoms with E-state index in [1.807, 2.05) is 30.3 Å². The van der Waals surface area contributed by atoms with Gasteiger partial charge in [-0.3, -0.25) is 0 Å². The Morgan fingerprint density at radius 3 is 2.42 bits per heavy atom. The van der Waals surface area contributed by atoms with Crippen LogP contribution in [0.4, 0.5) is 0 Å². The average Bonchev–Trinajstić information content (AvgIpc) is 3.32. The molecule has 2 aromatic heterocycles. The van der Waals surface area contributed by atoms with Gasteiger partial charge in [0.2, 0.25) is 17.6 Å². The van der Waals surface area contributed by atoms with Crippen LogP contribution in [-0.4, -0.2) is 45.3 Å². The summed E-state index contributed by atoms with van der Waals surface area (Å²) < 4.78 is 10.7. The Balaban J connectivity index is 1.30. The minimum absolute atomic E-state index is 0.582. The molecule has 4 rings (SSSR count). The molecule has 1 fully saturated rings. The summed E-state index contributed by atoms with van der Waals surface area (Å²) in [5.41, 5.74) is 0.945. The van der Waals surface area contributed by atoms with Crippen LogP contribution in [0, 0.1) is 5.92 Å². The normalized spacial score (nSPS) is 16.2. The molecule has 0 bridgehead atoms. The molecule has 136 valence electrons. The number of hydrogen-bond donors (Lipinski definition) is 0. The van der Waals surface area contributed by atoms with Crippen molar-refractivity contribution in [3.05, 3.63) is 47.9 Å². The summed E-state index contributed by atoms with van der Waals surface area (Å²) in [6, 6.07) is 9.79. The van der Waals surface area contributed by atoms with Gasteiger partial charge in [0.05, 0.1) is 0 Å². The van der Waals surface area contributed by atoms with Gasteiger partial charge in [0.1, 0.15) is 0 Å². The van der Waals surface area contributed by atoms with Gasteiger partial charge >= 0.3 is 0 Å². The lowest BCUT2D eigenvalue weighted by atomic mass is 9.94. The summed E-state index contributed by atoms with van der Waals surface area (Å²) >= 11 is 0. The number of piperidine rings is 1. The van der Waals surface area contributed by atoms with E-state index in [1.165, 1.54) is 12.8 Å². The van der Waals surface area contributed by atoms with Gasteiger partial charge in [-0.25, -0.2) is 0 Å². The number of hydrogen-bond acceptors (Lipinski definition) is 7. The van der Waals surface area contributed by atoms with Crippen LogP contribution in [0.25, 0.3) is 11.4 Å². The molecule has 0 unspecified atom stereocenters. The van der Waals surface area contributed by atoms with Gasteiger partial charge in [-0.05, 0) is 38.9 Å². The predicted molar refractivity (Wildman–Crippen MR) is 95.4 cm³/mol. The van der Waals surface area contributed by atoms with Crippen molar-refractivity contribution in [3.63, 3.8) is 0 Å². The molecule has 0 amide bonds. The molecule has 0 aliphatic carbocycles. The first-order valence-corrected chi connectivity index (χ1v) is 9.14. The number of aryl methyl sites for hydroxylation is 2. The maximum atomic E-state index is 5.38. The lowest BCUT2D eigenvalue weighted by Gasteiger charge is -2.27. The quantitative estimate of drug-likeness (QED) is 0.674. The minimum atomic E-state index is 0.582. The maximum absolute atomic E-state index is 5.38. The highest BCUT2D eigenvalue weighted by Gasteiger charge is 2.19. The topological polar surface area (TPSA) is 81.1 Å². The highest BCUT2D eigenvalue weighted by atomic mass is 16.5. The molecule has 7 nitrogen and oxygen atoms in total. The van der Waals surface area contributed by atoms with Crippen molar-refractivity contribution in [2.24, 2.45) is 5.92 Å². The van der Waals surface area contributed by atoms with Crippen molar-refractivity contribution in [2.75, 3.05) is 20.1 Å². The molecule has 0 radical (unpaired) electrons. The fourth-order valence-electron chi connectivity index (χ4n) is 3.27. The standard InChI is InChI=1S/C19H23N5O2/c1-24-11-9-14(10-12-24)13-16-20-17(25-22-16)7-8-18-21-19(23-26-18)15-5-3-2-4-6-15/h2-6,14H,7-13H2,1H3. The maximum Gasteiger partial charge on any atom is 0.227 e. The molecule has 26 heavy (non-hydrogen) atoms. The molecular weight excluding hydrogens is 330 g/mol. The molecule has 0 spiro atoms. The molecule has 1 aromatic carbocycles. The first-order valence-electron chi connectivity index (χ1n) is 9.14. The van der Waals surface area contributed by atoms with Gasteiger partial charge in [-0.2, -0.15) is 9.97 Å². The van der Waals surface area contributed by atoms with E-state index in [1.54, 1.807) is 0 Å². The fourth-order valence-corrected chi connectivity index (χ4v) is 3.27. The number of rotatable bonds is 6. The molecule has 3 aromatic rings. The minimum Gasteiger partial charge on any atom is -0.339 e. The van der Waals surface area contributed by atoms with Crippen molar-refractivity contribution in [2.45, 2.75) is 32.1 Å². The van der Waals surface area contributed by atoms with E-state index in [4.69, 9.17) is 9.05 Å². The summed E-state index contributed by atoms with van der Waals surface area (Å²) in [5, 5.41) is 8.16. The summed E-state index contributed by atoms with van der Waals surface area (Å²) in [7, 11) is 2.17. The Labute approximate surface area is 152 Å². The zero-order chi connectivity index (χ0) is 17.8. The van der Waals surface area contributed by atoms with Crippen LogP contribution in [0.15, 0.2) is 39.4 Å². The Hall–Kier alpha value is -2.54. The van der Waals surface area contributed by atoms with E-state index in [0.717, 1.165) is 30.9 Å². The Morgan fingerprint density at radius 2 is 1.65 bits per heavy atom. The molecule has 7 heteroatoms. The van der Waals surface area contributed by atoms with Gasteiger partial charge in [0, 0.05) is 24.8 Å². The van der Waals surface area contributed by atoms with Crippen LogP contribution in [0.5, 0.6) is 0 Å². The van der Waals surface area contributed by atoms with Gasteiger partial charge in [-0.15, -0.1) is 0 Å². The van der Waals surface area contributed by atoms with Crippen LogP contribution in [0.1, 0.15) is 30.4 Å². The van der Waals surface area contributed by atoms with Crippen molar-refractivity contribution >= 4 is 0 Å². The third-order valence-corrected chi connectivity index (χ3v) is 4.87. The smallest absolute Gasteiger partial charge is 0.227 e. The number of nitrogens with zero attached hydrogens (tertiary/aromatic N) is 5. The van der Waals surface area contributed by atoms with Gasteiger partial charge in [0.15, 0.2) is 5.82 Å². The van der Waals surface area contributed by atoms with E-state index < -0.39 is 0 Å². The summed E-state index contributed by atoms with van der Waals surface area (Å²) in [6.07, 6.45) is 4.50. The first-order chi connectivity index (χ1) is 12.8. The second kappa shape index (κ2) is 7.78. The number of likely N-dealkylation sites (tertiary alicyclic amines) is 1. The highest BCUT2D eigenvalue weighted by molar-refractivity contribution is 5.53. The monoisotopic (exact) mass is 353 g/mol. The molecule has 1 aliphatic heterocycles. The van der Waals surface area contributed by atoms with Crippen LogP contribution in [-0.2, 0) is 19.3 Å². The van der Waals surface area contributed by atoms with E-state index in [9.17, 15) is 0 Å². The molecule has 0 atom stereocenters. The molecule has 1 saturated heterocycles. The van der Waals surface area contributed by atoms with Crippen molar-refractivity contribution < 1.29 is 9.05 Å². The first kappa shape index (κ1) is 16.9. The lowest BCUT2D eigenvalue weighted by Crippen LogP contribution is -2.31. The van der Waals surface area contributed by atoms with Crippen LogP contribution >= 0.6 is 0 Å². The van der Waals surface area contributed by atoms with E-state index in [-0.39, 0.29) is 0 Å². The summed E-state index contributed by atoms with van der Waals surface area (Å²) in [6.45, 7) is 2.30. The zero-order valence-corrected chi connectivity index (χ0v) is 15.0. The molecule has 0 saturated carbocycles. The SMILES string of the molecule is CN1CCC(Cc2noc(CCc3nc(-c4ccccc4)no3)n2)CC1. The Kier molecular flexibility index (Phi) is 5.06. The molecule has 3 heterocycles. The predicted octanol–water partition coefficient (Wildman–Crippen LogP) is 2.79. The number of aromatic nitrogens is 4. The van der Waals surface area contributed by atoms with Crippen molar-refractivity contribution in [1.82, 2.24) is 25.2 Å². The molecule has 1 aliphatic rings. The highest BCUT2D eigenvalue weighted by Crippen LogP contribution is 2.20. The van der Waals surface area contributed by atoms with Gasteiger partial charge in [-0.1, -0.05) is 40.6 Å². The molecular formula is C19H23N5O2. The van der Waals surface area contributed by atoms with Crippen LogP contribution in [0.2, 0.25) is 0 Å². The van der Waals surface area contributed by atoms with Crippen molar-refractivity contribution in [3.8, 4) is 11.4 Å². The van der Waals surface area contributed by atoms with Crippen molar-refractivity contribution in [1.29, 1.82) is 0 Å². The lowest BCUT2D eigenvalue weighted by molar-refractivity contribution is 0.216. The third-order valence-electron chi connectivity index (χ3n) is 4.87. The van der Waals surface area contributed by atoms with E-state index in [0.29, 0.717) is 36.4 Å². The fraction of sp³-hybridized carbons (Fsp3) is 0.474. The third kappa shape index (κ3) is 4.16. The van der Waals surface area contributed by atoms with Crippen LogP contribution < -0.4 is 0 Å². The average molecular weight is 353 g/mol. The van der Waals surface area contributed by atoms with E-state index >= 15 is 0 Å². The van der Waals surface area contributed by atoms with E-state index in [2.05, 4.69) is 32.2 Å². The largest absolute Gasteiger partial charge is 0.339 e. The second-order valence-electron chi connectivity index (χ2n) is 6.93.